The molecule has 0 radical (unpaired) electrons. The van der Waals surface area contributed by atoms with Crippen LogP contribution in [0.25, 0.3) is 0 Å². The molecule has 0 aliphatic rings. The number of anilines is 1. The summed E-state index contributed by atoms with van der Waals surface area (Å²) in [6.45, 7) is 6.40. The maximum Gasteiger partial charge on any atom is 0.515 e. The highest BCUT2D eigenvalue weighted by Gasteiger charge is 2.19. The summed E-state index contributed by atoms with van der Waals surface area (Å²) in [4.78, 5) is 14.0. The van der Waals surface area contributed by atoms with Crippen LogP contribution in [-0.4, -0.2) is 26.0 Å². The van der Waals surface area contributed by atoms with E-state index >= 15 is 0 Å². The van der Waals surface area contributed by atoms with Crippen molar-refractivity contribution in [3.8, 4) is 11.5 Å². The maximum absolute atomic E-state index is 12.0. The highest BCUT2D eigenvalue weighted by atomic mass is 16.7. The number of benzene rings is 2. The molecule has 0 amide bonds. The van der Waals surface area contributed by atoms with E-state index < -0.39 is 12.4 Å². The van der Waals surface area contributed by atoms with Crippen LogP contribution in [0.2, 0.25) is 0 Å². The van der Waals surface area contributed by atoms with Crippen LogP contribution in [0.15, 0.2) is 48.5 Å². The van der Waals surface area contributed by atoms with Gasteiger partial charge in [0.05, 0.1) is 7.11 Å². The van der Waals surface area contributed by atoms with Gasteiger partial charge in [-0.25, -0.2) is 4.79 Å². The Bertz CT molecular complexity index is 687. The fourth-order valence-electron chi connectivity index (χ4n) is 2.44. The van der Waals surface area contributed by atoms with E-state index in [1.54, 1.807) is 26.2 Å². The number of aryl methyl sites for hydroxylation is 1. The standard InChI is InChI=1S/C19H23NO4/c1-5-20(16-9-7-10-17(13-16)22-4)15(3)23-19(21)24-18-11-6-8-14(2)12-18/h6-13,15H,5H2,1-4H3. The Morgan fingerprint density at radius 2 is 1.83 bits per heavy atom. The van der Waals surface area contributed by atoms with E-state index in [1.165, 1.54) is 0 Å². The van der Waals surface area contributed by atoms with Gasteiger partial charge in [-0.1, -0.05) is 18.2 Å². The number of hydrogen-bond acceptors (Lipinski definition) is 5. The van der Waals surface area contributed by atoms with Crippen LogP contribution in [0, 0.1) is 6.92 Å². The molecule has 5 heteroatoms. The quantitative estimate of drug-likeness (QED) is 0.447. The number of methoxy groups -OCH3 is 1. The van der Waals surface area contributed by atoms with Crippen molar-refractivity contribution in [2.45, 2.75) is 27.0 Å². The van der Waals surface area contributed by atoms with E-state index in [0.29, 0.717) is 12.3 Å². The zero-order valence-corrected chi connectivity index (χ0v) is 14.5. The molecule has 0 spiro atoms. The van der Waals surface area contributed by atoms with Gasteiger partial charge in [0.1, 0.15) is 11.5 Å². The normalized spacial score (nSPS) is 11.5. The van der Waals surface area contributed by atoms with Crippen LogP contribution >= 0.6 is 0 Å². The van der Waals surface area contributed by atoms with Gasteiger partial charge < -0.3 is 19.1 Å². The summed E-state index contributed by atoms with van der Waals surface area (Å²) in [5.74, 6) is 1.22. The molecule has 1 atom stereocenters. The Balaban J connectivity index is 2.02. The van der Waals surface area contributed by atoms with Crippen LogP contribution in [0.4, 0.5) is 10.5 Å². The summed E-state index contributed by atoms with van der Waals surface area (Å²) < 4.78 is 15.9. The Morgan fingerprint density at radius 1 is 1.12 bits per heavy atom. The highest BCUT2D eigenvalue weighted by molar-refractivity contribution is 5.64. The minimum Gasteiger partial charge on any atom is -0.497 e. The molecule has 0 saturated carbocycles. The first-order chi connectivity index (χ1) is 11.5. The fourth-order valence-corrected chi connectivity index (χ4v) is 2.44. The Kier molecular flexibility index (Phi) is 6.07. The molecule has 0 saturated heterocycles. The van der Waals surface area contributed by atoms with Gasteiger partial charge in [-0.3, -0.25) is 0 Å². The van der Waals surface area contributed by atoms with Gasteiger partial charge in [-0.05, 0) is 50.6 Å². The van der Waals surface area contributed by atoms with E-state index in [4.69, 9.17) is 14.2 Å². The van der Waals surface area contributed by atoms with E-state index in [1.807, 2.05) is 55.1 Å². The van der Waals surface area contributed by atoms with E-state index in [0.717, 1.165) is 17.0 Å². The molecule has 0 heterocycles. The summed E-state index contributed by atoms with van der Waals surface area (Å²) in [7, 11) is 1.62. The monoisotopic (exact) mass is 329 g/mol. The third-order valence-corrected chi connectivity index (χ3v) is 3.62. The fraction of sp³-hybridized carbons (Fsp3) is 0.316. The molecular weight excluding hydrogens is 306 g/mol. The molecule has 128 valence electrons. The van der Waals surface area contributed by atoms with Crippen LogP contribution in [-0.2, 0) is 4.74 Å². The second-order valence-corrected chi connectivity index (χ2v) is 5.37. The Hall–Kier alpha value is -2.69. The van der Waals surface area contributed by atoms with Crippen molar-refractivity contribution >= 4 is 11.8 Å². The summed E-state index contributed by atoms with van der Waals surface area (Å²) >= 11 is 0. The molecular formula is C19H23NO4. The van der Waals surface area contributed by atoms with Crippen molar-refractivity contribution in [3.63, 3.8) is 0 Å². The minimum absolute atomic E-state index is 0.469. The lowest BCUT2D eigenvalue weighted by Crippen LogP contribution is -2.37. The van der Waals surface area contributed by atoms with Gasteiger partial charge in [0.25, 0.3) is 0 Å². The second-order valence-electron chi connectivity index (χ2n) is 5.37. The maximum atomic E-state index is 12.0. The molecule has 5 nitrogen and oxygen atoms in total. The number of ether oxygens (including phenoxy) is 3. The summed E-state index contributed by atoms with van der Waals surface area (Å²) in [6.07, 6.45) is -1.20. The first-order valence-corrected chi connectivity index (χ1v) is 7.89. The average molecular weight is 329 g/mol. The number of rotatable bonds is 6. The molecule has 0 fully saturated rings. The minimum atomic E-state index is -0.727. The van der Waals surface area contributed by atoms with Crippen LogP contribution in [0.5, 0.6) is 11.5 Å². The van der Waals surface area contributed by atoms with Crippen LogP contribution in [0.3, 0.4) is 0 Å². The molecule has 24 heavy (non-hydrogen) atoms. The smallest absolute Gasteiger partial charge is 0.497 e. The molecule has 0 aliphatic carbocycles. The van der Waals surface area contributed by atoms with Crippen molar-refractivity contribution < 1.29 is 19.0 Å². The van der Waals surface area contributed by atoms with Crippen molar-refractivity contribution in [3.05, 3.63) is 54.1 Å². The topological polar surface area (TPSA) is 48.0 Å². The summed E-state index contributed by atoms with van der Waals surface area (Å²) in [5, 5.41) is 0. The first kappa shape index (κ1) is 17.7. The zero-order chi connectivity index (χ0) is 17.5. The second kappa shape index (κ2) is 8.24. The van der Waals surface area contributed by atoms with Gasteiger partial charge in [-0.15, -0.1) is 0 Å². The summed E-state index contributed by atoms with van der Waals surface area (Å²) in [5.41, 5.74) is 1.92. The lowest BCUT2D eigenvalue weighted by atomic mass is 10.2. The largest absolute Gasteiger partial charge is 0.515 e. The average Bonchev–Trinajstić information content (AvgIpc) is 2.55. The third-order valence-electron chi connectivity index (χ3n) is 3.62. The van der Waals surface area contributed by atoms with Gasteiger partial charge in [0, 0.05) is 18.3 Å². The molecule has 2 aromatic carbocycles. The number of nitrogens with zero attached hydrogens (tertiary/aromatic N) is 1. The molecule has 0 bridgehead atoms. The number of hydrogen-bond donors (Lipinski definition) is 0. The molecule has 2 aromatic rings. The zero-order valence-electron chi connectivity index (χ0n) is 14.5. The van der Waals surface area contributed by atoms with Gasteiger partial charge in [-0.2, -0.15) is 0 Å². The van der Waals surface area contributed by atoms with Gasteiger partial charge in [0.15, 0.2) is 6.23 Å². The summed E-state index contributed by atoms with van der Waals surface area (Å²) in [6, 6.07) is 14.9. The first-order valence-electron chi connectivity index (χ1n) is 7.89. The number of carbonyl (C=O) groups is 1. The predicted molar refractivity (Wildman–Crippen MR) is 93.8 cm³/mol. The van der Waals surface area contributed by atoms with Crippen LogP contribution < -0.4 is 14.4 Å². The third kappa shape index (κ3) is 4.65. The Labute approximate surface area is 142 Å². The molecule has 2 rings (SSSR count). The SMILES string of the molecule is CCN(c1cccc(OC)c1)C(C)OC(=O)Oc1cccc(C)c1. The molecule has 1 unspecified atom stereocenters. The molecule has 0 aliphatic heterocycles. The molecule has 0 N–H and O–H groups in total. The lowest BCUT2D eigenvalue weighted by Gasteiger charge is -2.29. The van der Waals surface area contributed by atoms with E-state index in [-0.39, 0.29) is 0 Å². The van der Waals surface area contributed by atoms with Gasteiger partial charge in [0.2, 0.25) is 0 Å². The van der Waals surface area contributed by atoms with E-state index in [9.17, 15) is 4.79 Å². The lowest BCUT2D eigenvalue weighted by molar-refractivity contribution is 0.0645. The highest BCUT2D eigenvalue weighted by Crippen LogP contribution is 2.23. The molecule has 0 aromatic heterocycles. The van der Waals surface area contributed by atoms with Crippen molar-refractivity contribution in [1.29, 1.82) is 0 Å². The van der Waals surface area contributed by atoms with Gasteiger partial charge >= 0.3 is 6.16 Å². The predicted octanol–water partition coefficient (Wildman–Crippen LogP) is 4.39. The van der Waals surface area contributed by atoms with E-state index in [2.05, 4.69) is 0 Å². The Morgan fingerprint density at radius 3 is 2.50 bits per heavy atom. The van der Waals surface area contributed by atoms with Crippen molar-refractivity contribution in [2.75, 3.05) is 18.6 Å². The van der Waals surface area contributed by atoms with Crippen LogP contribution in [0.1, 0.15) is 19.4 Å². The number of carbonyl (C=O) groups excluding carboxylic acids is 1. The van der Waals surface area contributed by atoms with Crippen molar-refractivity contribution in [1.82, 2.24) is 0 Å². The van der Waals surface area contributed by atoms with Crippen molar-refractivity contribution in [2.24, 2.45) is 0 Å².